The number of allylic oxidation sites excluding steroid dienone is 4. The molecule has 2 heteroatoms. The van der Waals surface area contributed by atoms with E-state index in [1.165, 1.54) is 0 Å². The quantitative estimate of drug-likeness (QED) is 0.464. The number of hydrogen-bond donors (Lipinski definition) is 2. The van der Waals surface area contributed by atoms with Crippen molar-refractivity contribution < 1.29 is 5.41 Å². The summed E-state index contributed by atoms with van der Waals surface area (Å²) >= 11 is 0. The average Bonchev–Trinajstić information content (AvgIpc) is 1.93. The predicted octanol–water partition coefficient (Wildman–Crippen LogP) is -0.455. The predicted molar refractivity (Wildman–Crippen MR) is 42.1 cm³/mol. The molecule has 4 N–H and O–H groups in total. The van der Waals surface area contributed by atoms with E-state index >= 15 is 0 Å². The van der Waals surface area contributed by atoms with Gasteiger partial charge in [-0.25, -0.2) is 0 Å². The Balaban J connectivity index is 3.09. The first kappa shape index (κ1) is 6.81. The second-order valence-corrected chi connectivity index (χ2v) is 2.36. The fourth-order valence-electron chi connectivity index (χ4n) is 0.799. The monoisotopic (exact) mass is 135 g/mol. The van der Waals surface area contributed by atoms with Crippen molar-refractivity contribution in [3.05, 3.63) is 35.6 Å². The van der Waals surface area contributed by atoms with Crippen molar-refractivity contribution in [1.82, 2.24) is 0 Å². The molecule has 0 aromatic heterocycles. The summed E-state index contributed by atoms with van der Waals surface area (Å²) in [4.78, 5) is 0. The zero-order valence-electron chi connectivity index (χ0n) is 6.02. The van der Waals surface area contributed by atoms with Gasteiger partial charge in [-0.1, -0.05) is 12.7 Å². The molecule has 1 aliphatic rings. The third kappa shape index (κ3) is 0.880. The van der Waals surface area contributed by atoms with E-state index in [1.807, 2.05) is 19.1 Å². The lowest BCUT2D eigenvalue weighted by atomic mass is 9.98. The summed E-state index contributed by atoms with van der Waals surface area (Å²) in [5.41, 5.74) is 8.66. The van der Waals surface area contributed by atoms with Gasteiger partial charge in [-0.05, 0) is 13.0 Å². The van der Waals surface area contributed by atoms with Crippen LogP contribution in [0.3, 0.4) is 0 Å². The van der Waals surface area contributed by atoms with Gasteiger partial charge in [-0.2, -0.15) is 0 Å². The first-order valence-electron chi connectivity index (χ1n) is 3.09. The smallest absolute Gasteiger partial charge is 0.208 e. The molecule has 0 aromatic rings. The number of nitrogens with two attached hydrogens (primary N) is 2. The van der Waals surface area contributed by atoms with Crippen LogP contribution in [-0.2, 0) is 0 Å². The highest BCUT2D eigenvalue weighted by Gasteiger charge is 2.15. The van der Waals surface area contributed by atoms with E-state index in [0.717, 1.165) is 11.1 Å². The molecule has 0 fully saturated rings. The molecule has 0 saturated carbocycles. The summed E-state index contributed by atoms with van der Waals surface area (Å²) in [5, 5.41) is 5.64. The molecule has 0 radical (unpaired) electrons. The van der Waals surface area contributed by atoms with Crippen LogP contribution in [0.4, 0.5) is 0 Å². The van der Waals surface area contributed by atoms with E-state index in [9.17, 15) is 0 Å². The van der Waals surface area contributed by atoms with Crippen molar-refractivity contribution in [3.63, 3.8) is 0 Å². The van der Waals surface area contributed by atoms with Gasteiger partial charge in [0.1, 0.15) is 0 Å². The molecule has 1 rings (SSSR count). The molecule has 0 aromatic carbocycles. The molecule has 0 atom stereocenters. The van der Waals surface area contributed by atoms with Crippen LogP contribution in [0.1, 0.15) is 6.92 Å². The van der Waals surface area contributed by atoms with Crippen LogP contribution < -0.4 is 11.1 Å². The molecule has 2 nitrogen and oxygen atoms in total. The summed E-state index contributed by atoms with van der Waals surface area (Å²) < 4.78 is 0. The highest BCUT2D eigenvalue weighted by Crippen LogP contribution is 2.13. The minimum atomic E-state index is 0.656. The molecule has 0 aliphatic heterocycles. The Morgan fingerprint density at radius 2 is 2.10 bits per heavy atom. The van der Waals surface area contributed by atoms with E-state index in [2.05, 4.69) is 6.58 Å². The Morgan fingerprint density at radius 1 is 1.50 bits per heavy atom. The maximum absolute atomic E-state index is 5.64. The van der Waals surface area contributed by atoms with Crippen molar-refractivity contribution in [2.45, 2.75) is 6.92 Å². The van der Waals surface area contributed by atoms with Gasteiger partial charge >= 0.3 is 0 Å². The molecule has 0 spiro atoms. The second kappa shape index (κ2) is 2.14. The van der Waals surface area contributed by atoms with Crippen LogP contribution in [-0.4, -0.2) is 5.71 Å². The van der Waals surface area contributed by atoms with Gasteiger partial charge in [-0.3, -0.25) is 5.41 Å². The Morgan fingerprint density at radius 3 is 2.60 bits per heavy atom. The molecule has 0 bridgehead atoms. The van der Waals surface area contributed by atoms with Gasteiger partial charge in [0.2, 0.25) is 5.71 Å². The molecular weight excluding hydrogens is 124 g/mol. The van der Waals surface area contributed by atoms with Gasteiger partial charge in [0, 0.05) is 11.3 Å². The highest BCUT2D eigenvalue weighted by molar-refractivity contribution is 6.11. The van der Waals surface area contributed by atoms with Crippen LogP contribution >= 0.6 is 0 Å². The van der Waals surface area contributed by atoms with Crippen LogP contribution in [0.5, 0.6) is 0 Å². The van der Waals surface area contributed by atoms with Gasteiger partial charge in [0.25, 0.3) is 0 Å². The van der Waals surface area contributed by atoms with Crippen molar-refractivity contribution in [2.24, 2.45) is 5.73 Å². The number of hydrogen-bond acceptors (Lipinski definition) is 1. The summed E-state index contributed by atoms with van der Waals surface area (Å²) in [7, 11) is 0. The summed E-state index contributed by atoms with van der Waals surface area (Å²) in [5.74, 6) is 0. The molecule has 10 heavy (non-hydrogen) atoms. The topological polar surface area (TPSA) is 51.6 Å². The molecule has 0 saturated heterocycles. The van der Waals surface area contributed by atoms with Gasteiger partial charge in [-0.15, -0.1) is 0 Å². The fourth-order valence-corrected chi connectivity index (χ4v) is 0.799. The summed E-state index contributed by atoms with van der Waals surface area (Å²) in [6.07, 6.45) is 3.70. The highest BCUT2D eigenvalue weighted by atomic mass is 14.6. The van der Waals surface area contributed by atoms with Gasteiger partial charge in [0.05, 0.1) is 5.57 Å². The third-order valence-corrected chi connectivity index (χ3v) is 1.61. The van der Waals surface area contributed by atoms with Crippen LogP contribution in [0, 0.1) is 0 Å². The van der Waals surface area contributed by atoms with Crippen molar-refractivity contribution in [2.75, 3.05) is 0 Å². The Hall–Kier alpha value is -1.31. The Bertz CT molecular complexity index is 220. The first-order chi connectivity index (χ1) is 4.63. The van der Waals surface area contributed by atoms with Crippen molar-refractivity contribution in [1.29, 1.82) is 0 Å². The van der Waals surface area contributed by atoms with Gasteiger partial charge in [0.15, 0.2) is 0 Å². The maximum atomic E-state index is 5.64. The molecule has 0 amide bonds. The molecular formula is C8H11N2+. The van der Waals surface area contributed by atoms with Crippen LogP contribution in [0.15, 0.2) is 35.6 Å². The van der Waals surface area contributed by atoms with E-state index in [0.29, 0.717) is 11.4 Å². The lowest BCUT2D eigenvalue weighted by molar-refractivity contribution is -0.112. The summed E-state index contributed by atoms with van der Waals surface area (Å²) in [6.45, 7) is 5.66. The minimum absolute atomic E-state index is 0.656. The van der Waals surface area contributed by atoms with Gasteiger partial charge < -0.3 is 5.73 Å². The van der Waals surface area contributed by atoms with E-state index < -0.39 is 0 Å². The van der Waals surface area contributed by atoms with Crippen LogP contribution in [0.2, 0.25) is 0 Å². The van der Waals surface area contributed by atoms with Crippen molar-refractivity contribution >= 4 is 5.71 Å². The lowest BCUT2D eigenvalue weighted by Gasteiger charge is -2.07. The zero-order valence-corrected chi connectivity index (χ0v) is 6.02. The van der Waals surface area contributed by atoms with E-state index in [4.69, 9.17) is 11.1 Å². The Labute approximate surface area is 60.2 Å². The summed E-state index contributed by atoms with van der Waals surface area (Å²) in [6, 6.07) is 0. The zero-order chi connectivity index (χ0) is 7.72. The average molecular weight is 135 g/mol. The van der Waals surface area contributed by atoms with E-state index in [1.54, 1.807) is 0 Å². The van der Waals surface area contributed by atoms with E-state index in [-0.39, 0.29) is 0 Å². The lowest BCUT2D eigenvalue weighted by Crippen LogP contribution is -2.43. The largest absolute Gasteiger partial charge is 0.398 e. The molecule has 1 aliphatic carbocycles. The maximum Gasteiger partial charge on any atom is 0.208 e. The standard InChI is InChI=1S/C8H10N2/c1-5-3-4-7(9)6(2)8(5)10/h3-4,10H,2,9H2,1H3/p+1. The Kier molecular flexibility index (Phi) is 1.45. The molecule has 0 unspecified atom stereocenters. The molecule has 52 valence electrons. The normalized spacial score (nSPS) is 18.5. The second-order valence-electron chi connectivity index (χ2n) is 2.36. The fraction of sp³-hybridized carbons (Fsp3) is 0.125. The molecule has 0 heterocycles. The minimum Gasteiger partial charge on any atom is -0.398 e. The SMILES string of the molecule is C=C1C(=[NH2+])C(C)=CC=C1N. The third-order valence-electron chi connectivity index (χ3n) is 1.61. The van der Waals surface area contributed by atoms with Crippen molar-refractivity contribution in [3.8, 4) is 0 Å². The van der Waals surface area contributed by atoms with Crippen LogP contribution in [0.25, 0.3) is 0 Å². The first-order valence-corrected chi connectivity index (χ1v) is 3.09. The number of rotatable bonds is 0.